The summed E-state index contributed by atoms with van der Waals surface area (Å²) in [6.45, 7) is 4.26. The number of fused-ring (bicyclic) bond motifs is 1. The molecule has 4 nitrogen and oxygen atoms in total. The number of nitrogens with zero attached hydrogens (tertiary/aromatic N) is 1. The van der Waals surface area contributed by atoms with Crippen LogP contribution in [0.5, 0.6) is 0 Å². The van der Waals surface area contributed by atoms with Crippen LogP contribution in [-0.4, -0.2) is 16.3 Å². The number of ketones is 1. The monoisotopic (exact) mass is 358 g/mol. The molecule has 0 radical (unpaired) electrons. The molecule has 0 spiro atoms. The van der Waals surface area contributed by atoms with E-state index >= 15 is 0 Å². The highest BCUT2D eigenvalue weighted by Gasteiger charge is 2.34. The van der Waals surface area contributed by atoms with Crippen LogP contribution in [0.25, 0.3) is 16.9 Å². The molecule has 0 bridgehead atoms. The van der Waals surface area contributed by atoms with Crippen LogP contribution in [0.4, 0.5) is 0 Å². The fourth-order valence-electron chi connectivity index (χ4n) is 3.90. The highest BCUT2D eigenvalue weighted by Crippen LogP contribution is 2.40. The predicted octanol–water partition coefficient (Wildman–Crippen LogP) is 4.40. The maximum absolute atomic E-state index is 12.8. The zero-order valence-electron chi connectivity index (χ0n) is 15.5. The van der Waals surface area contributed by atoms with Crippen LogP contribution in [0, 0.1) is 5.41 Å². The highest BCUT2D eigenvalue weighted by molar-refractivity contribution is 6.00. The highest BCUT2D eigenvalue weighted by atomic mass is 16.1. The maximum atomic E-state index is 12.8. The number of nitrogens with two attached hydrogens (primary N) is 1. The van der Waals surface area contributed by atoms with Gasteiger partial charge in [-0.2, -0.15) is 0 Å². The fourth-order valence-corrected chi connectivity index (χ4v) is 3.90. The summed E-state index contributed by atoms with van der Waals surface area (Å²) in [6.07, 6.45) is 1.37. The first-order valence-corrected chi connectivity index (χ1v) is 9.09. The van der Waals surface area contributed by atoms with Gasteiger partial charge in [-0.25, -0.2) is 0 Å². The van der Waals surface area contributed by atoms with Gasteiger partial charge in [-0.05, 0) is 47.7 Å². The van der Waals surface area contributed by atoms with Crippen molar-refractivity contribution in [3.63, 3.8) is 0 Å². The van der Waals surface area contributed by atoms with E-state index in [1.165, 1.54) is 0 Å². The van der Waals surface area contributed by atoms with Gasteiger partial charge in [0.1, 0.15) is 0 Å². The number of hydrogen-bond acceptors (Lipinski definition) is 2. The van der Waals surface area contributed by atoms with Crippen LogP contribution in [0.1, 0.15) is 46.7 Å². The minimum atomic E-state index is -0.448. The zero-order valence-corrected chi connectivity index (χ0v) is 15.5. The summed E-state index contributed by atoms with van der Waals surface area (Å²) >= 11 is 0. The Hall–Kier alpha value is -3.14. The van der Waals surface area contributed by atoms with Gasteiger partial charge in [-0.1, -0.05) is 44.2 Å². The summed E-state index contributed by atoms with van der Waals surface area (Å²) in [5.41, 5.74) is 10.6. The summed E-state index contributed by atoms with van der Waals surface area (Å²) in [5.74, 6) is -0.262. The van der Waals surface area contributed by atoms with Gasteiger partial charge in [-0.15, -0.1) is 0 Å². The molecule has 1 aliphatic rings. The van der Waals surface area contributed by atoms with Crippen LogP contribution in [0.2, 0.25) is 0 Å². The van der Waals surface area contributed by atoms with E-state index in [2.05, 4.69) is 18.4 Å². The molecular formula is C23H22N2O2. The summed E-state index contributed by atoms with van der Waals surface area (Å²) in [6, 6.07) is 19.3. The molecule has 27 heavy (non-hydrogen) atoms. The van der Waals surface area contributed by atoms with Gasteiger partial charge in [0, 0.05) is 28.9 Å². The minimum Gasteiger partial charge on any atom is -0.366 e. The van der Waals surface area contributed by atoms with Crippen LogP contribution >= 0.6 is 0 Å². The number of carbonyl (C=O) groups is 2. The normalized spacial score (nSPS) is 15.4. The summed E-state index contributed by atoms with van der Waals surface area (Å²) in [4.78, 5) is 24.2. The Labute approximate surface area is 158 Å². The lowest BCUT2D eigenvalue weighted by molar-refractivity contribution is 0.0910. The number of hydrogen-bond donors (Lipinski definition) is 1. The zero-order chi connectivity index (χ0) is 19.2. The van der Waals surface area contributed by atoms with Crippen molar-refractivity contribution in [2.75, 3.05) is 0 Å². The van der Waals surface area contributed by atoms with E-state index < -0.39 is 5.91 Å². The van der Waals surface area contributed by atoms with Gasteiger partial charge in [0.25, 0.3) is 0 Å². The van der Waals surface area contributed by atoms with Gasteiger partial charge in [0.2, 0.25) is 5.91 Å². The van der Waals surface area contributed by atoms with Crippen LogP contribution < -0.4 is 5.73 Å². The maximum Gasteiger partial charge on any atom is 0.248 e. The molecule has 1 aromatic heterocycles. The topological polar surface area (TPSA) is 65.1 Å². The third-order valence-corrected chi connectivity index (χ3v) is 5.17. The summed E-state index contributed by atoms with van der Waals surface area (Å²) < 4.78 is 2.15. The van der Waals surface area contributed by atoms with E-state index in [0.29, 0.717) is 12.0 Å². The van der Waals surface area contributed by atoms with Gasteiger partial charge < -0.3 is 10.3 Å². The van der Waals surface area contributed by atoms with E-state index in [-0.39, 0.29) is 11.2 Å². The molecule has 0 fully saturated rings. The van der Waals surface area contributed by atoms with Crippen molar-refractivity contribution in [3.05, 3.63) is 77.5 Å². The SMILES string of the molecule is CC1(C)CC(=O)c2cc(-c3ccccc3)n(-c3ccc(C(N)=O)cc3)c2C1. The van der Waals surface area contributed by atoms with Crippen LogP contribution in [0.3, 0.4) is 0 Å². The molecule has 4 rings (SSSR count). The second-order valence-electron chi connectivity index (χ2n) is 7.94. The largest absolute Gasteiger partial charge is 0.366 e. The van der Waals surface area contributed by atoms with Crippen molar-refractivity contribution in [2.24, 2.45) is 11.1 Å². The van der Waals surface area contributed by atoms with Crippen LogP contribution in [-0.2, 0) is 6.42 Å². The quantitative estimate of drug-likeness (QED) is 0.754. The molecule has 1 heterocycles. The Bertz CT molecular complexity index is 1030. The van der Waals surface area contributed by atoms with Crippen molar-refractivity contribution < 1.29 is 9.59 Å². The molecule has 0 saturated heterocycles. The van der Waals surface area contributed by atoms with Gasteiger partial charge >= 0.3 is 0 Å². The Morgan fingerprint density at radius 1 is 1.00 bits per heavy atom. The predicted molar refractivity (Wildman–Crippen MR) is 106 cm³/mol. The van der Waals surface area contributed by atoms with Crippen molar-refractivity contribution in [1.82, 2.24) is 4.57 Å². The van der Waals surface area contributed by atoms with E-state index in [9.17, 15) is 9.59 Å². The molecule has 3 aromatic rings. The molecule has 2 N–H and O–H groups in total. The molecule has 0 unspecified atom stereocenters. The van der Waals surface area contributed by atoms with Crippen molar-refractivity contribution in [1.29, 1.82) is 0 Å². The van der Waals surface area contributed by atoms with E-state index in [1.807, 2.05) is 48.5 Å². The number of aromatic nitrogens is 1. The standard InChI is InChI=1S/C23H22N2O2/c1-23(2)13-20-18(21(26)14-23)12-19(15-6-4-3-5-7-15)25(20)17-10-8-16(9-11-17)22(24)27/h3-12H,13-14H2,1-2H3,(H2,24,27). The number of carbonyl (C=O) groups excluding carboxylic acids is 2. The molecule has 1 aliphatic carbocycles. The number of primary amides is 1. The Morgan fingerprint density at radius 2 is 1.67 bits per heavy atom. The third-order valence-electron chi connectivity index (χ3n) is 5.17. The molecule has 4 heteroatoms. The molecule has 0 atom stereocenters. The number of benzene rings is 2. The first kappa shape index (κ1) is 17.3. The Morgan fingerprint density at radius 3 is 2.30 bits per heavy atom. The molecule has 136 valence electrons. The molecule has 0 aliphatic heterocycles. The van der Waals surface area contributed by atoms with Crippen LogP contribution in [0.15, 0.2) is 60.7 Å². The van der Waals surface area contributed by atoms with Crippen molar-refractivity contribution >= 4 is 11.7 Å². The number of rotatable bonds is 3. The lowest BCUT2D eigenvalue weighted by Crippen LogP contribution is -2.27. The second-order valence-corrected chi connectivity index (χ2v) is 7.94. The average molecular weight is 358 g/mol. The summed E-state index contributed by atoms with van der Waals surface area (Å²) in [7, 11) is 0. The molecular weight excluding hydrogens is 336 g/mol. The number of Topliss-reactive ketones (excluding diaryl/α,β-unsaturated/α-hetero) is 1. The van der Waals surface area contributed by atoms with Crippen molar-refractivity contribution in [2.45, 2.75) is 26.7 Å². The first-order chi connectivity index (χ1) is 12.9. The van der Waals surface area contributed by atoms with Crippen molar-refractivity contribution in [3.8, 4) is 16.9 Å². The molecule has 2 aromatic carbocycles. The molecule has 1 amide bonds. The Balaban J connectivity index is 1.96. The van der Waals surface area contributed by atoms with Gasteiger partial charge in [0.05, 0.1) is 5.69 Å². The van der Waals surface area contributed by atoms with E-state index in [0.717, 1.165) is 34.6 Å². The van der Waals surface area contributed by atoms with Gasteiger partial charge in [-0.3, -0.25) is 9.59 Å². The summed E-state index contributed by atoms with van der Waals surface area (Å²) in [5, 5.41) is 0. The first-order valence-electron chi connectivity index (χ1n) is 9.09. The van der Waals surface area contributed by atoms with E-state index in [1.54, 1.807) is 12.1 Å². The number of amides is 1. The Kier molecular flexibility index (Phi) is 3.99. The lowest BCUT2D eigenvalue weighted by atomic mass is 9.76. The average Bonchev–Trinajstić information content (AvgIpc) is 3.01. The fraction of sp³-hybridized carbons (Fsp3) is 0.217. The second kappa shape index (κ2) is 6.23. The minimum absolute atomic E-state index is 0.0820. The third kappa shape index (κ3) is 3.08. The smallest absolute Gasteiger partial charge is 0.248 e. The van der Waals surface area contributed by atoms with E-state index in [4.69, 9.17) is 5.73 Å². The van der Waals surface area contributed by atoms with Gasteiger partial charge in [0.15, 0.2) is 5.78 Å². The lowest BCUT2D eigenvalue weighted by Gasteiger charge is -2.30. The molecule has 0 saturated carbocycles.